The molecule has 2 unspecified atom stereocenters. The van der Waals surface area contributed by atoms with Crippen molar-refractivity contribution in [3.05, 3.63) is 0 Å². The van der Waals surface area contributed by atoms with Crippen molar-refractivity contribution >= 4 is 0 Å². The topological polar surface area (TPSA) is 35.5 Å². The largest absolute Gasteiger partial charge is 0.390 e. The van der Waals surface area contributed by atoms with E-state index >= 15 is 0 Å². The van der Waals surface area contributed by atoms with Crippen LogP contribution in [0.3, 0.4) is 0 Å². The number of rotatable bonds is 3. The van der Waals surface area contributed by atoms with E-state index in [1.165, 1.54) is 13.0 Å². The lowest BCUT2D eigenvalue weighted by atomic mass is 9.46. The van der Waals surface area contributed by atoms with E-state index in [1.807, 2.05) is 0 Å². The van der Waals surface area contributed by atoms with Crippen LogP contribution in [0.1, 0.15) is 46.5 Å². The van der Waals surface area contributed by atoms with Gasteiger partial charge in [0, 0.05) is 30.2 Å². The molecule has 1 saturated heterocycles. The predicted octanol–water partition coefficient (Wildman–Crippen LogP) is 1.11. The molecule has 4 aliphatic rings. The van der Waals surface area contributed by atoms with Gasteiger partial charge in [-0.05, 0) is 46.5 Å². The Balaban J connectivity index is 1.57. The van der Waals surface area contributed by atoms with E-state index in [4.69, 9.17) is 0 Å². The summed E-state index contributed by atoms with van der Waals surface area (Å²) in [5, 5.41) is 13.6. The van der Waals surface area contributed by atoms with Crippen LogP contribution in [0.4, 0.5) is 0 Å². The smallest absolute Gasteiger partial charge is 0.0700 e. The lowest BCUT2D eigenvalue weighted by Crippen LogP contribution is -2.79. The summed E-state index contributed by atoms with van der Waals surface area (Å²) in [6, 6.07) is 1.93. The number of likely N-dealkylation sites (tertiary alicyclic amines) is 1. The molecule has 1 aliphatic heterocycles. The average Bonchev–Trinajstić information content (AvgIpc) is 2.43. The highest BCUT2D eigenvalue weighted by Crippen LogP contribution is 2.60. The van der Waals surface area contributed by atoms with Crippen LogP contribution in [0, 0.1) is 0 Å². The van der Waals surface area contributed by atoms with Crippen LogP contribution in [0.5, 0.6) is 0 Å². The van der Waals surface area contributed by atoms with Crippen molar-refractivity contribution in [2.24, 2.45) is 0 Å². The molecular weight excluding hydrogens is 200 g/mol. The molecule has 0 spiro atoms. The maximum Gasteiger partial charge on any atom is 0.0700 e. The van der Waals surface area contributed by atoms with Crippen LogP contribution in [-0.2, 0) is 0 Å². The molecule has 2 bridgehead atoms. The summed E-state index contributed by atoms with van der Waals surface area (Å²) in [6.45, 7) is 8.12. The molecule has 4 fully saturated rings. The van der Waals surface area contributed by atoms with Gasteiger partial charge in [-0.25, -0.2) is 0 Å². The third-order valence-electron chi connectivity index (χ3n) is 4.96. The van der Waals surface area contributed by atoms with Crippen LogP contribution in [0.2, 0.25) is 0 Å². The Morgan fingerprint density at radius 2 is 1.94 bits per heavy atom. The third kappa shape index (κ3) is 1.45. The van der Waals surface area contributed by atoms with Crippen LogP contribution in [0.15, 0.2) is 0 Å². The maximum absolute atomic E-state index is 9.77. The lowest BCUT2D eigenvalue weighted by molar-refractivity contribution is -0.224. The molecule has 3 aliphatic carbocycles. The molecule has 0 aromatic carbocycles. The van der Waals surface area contributed by atoms with Crippen molar-refractivity contribution < 1.29 is 5.11 Å². The molecule has 0 aromatic rings. The highest BCUT2D eigenvalue weighted by atomic mass is 16.3. The van der Waals surface area contributed by atoms with Crippen molar-refractivity contribution in [1.82, 2.24) is 10.2 Å². The molecule has 16 heavy (non-hydrogen) atoms. The van der Waals surface area contributed by atoms with Gasteiger partial charge in [-0.3, -0.25) is 4.90 Å². The number of nitrogens with one attached hydrogen (secondary N) is 1. The minimum Gasteiger partial charge on any atom is -0.390 e. The first-order chi connectivity index (χ1) is 7.43. The number of aliphatic hydroxyl groups is 1. The van der Waals surface area contributed by atoms with Gasteiger partial charge in [-0.15, -0.1) is 0 Å². The van der Waals surface area contributed by atoms with Crippen molar-refractivity contribution in [3.8, 4) is 0 Å². The normalized spacial score (nSPS) is 51.6. The SMILES string of the molecule is CC(C)N1CCC(NC23CC(O)(C2)C3)C1C. The lowest BCUT2D eigenvalue weighted by Gasteiger charge is -2.68. The molecule has 2 atom stereocenters. The molecule has 0 radical (unpaired) electrons. The molecule has 1 heterocycles. The molecule has 2 N–H and O–H groups in total. The van der Waals surface area contributed by atoms with Crippen LogP contribution in [0.25, 0.3) is 0 Å². The Bertz CT molecular complexity index is 283. The van der Waals surface area contributed by atoms with Gasteiger partial charge in [0.05, 0.1) is 5.60 Å². The zero-order valence-corrected chi connectivity index (χ0v) is 10.7. The van der Waals surface area contributed by atoms with Crippen LogP contribution in [-0.4, -0.2) is 45.8 Å². The van der Waals surface area contributed by atoms with Gasteiger partial charge in [0.15, 0.2) is 0 Å². The standard InChI is InChI=1S/C13H24N2O/c1-9(2)15-5-4-11(10(15)3)14-12-6-13(16,7-12)8-12/h9-11,14,16H,4-8H2,1-3H3. The molecule has 0 aromatic heterocycles. The van der Waals surface area contributed by atoms with E-state index in [-0.39, 0.29) is 5.60 Å². The molecule has 3 nitrogen and oxygen atoms in total. The summed E-state index contributed by atoms with van der Waals surface area (Å²) in [6.07, 6.45) is 4.24. The van der Waals surface area contributed by atoms with E-state index in [0.717, 1.165) is 19.3 Å². The van der Waals surface area contributed by atoms with Gasteiger partial charge in [0.1, 0.15) is 0 Å². The minimum atomic E-state index is -0.271. The number of nitrogens with zero attached hydrogens (tertiary/aromatic N) is 1. The van der Waals surface area contributed by atoms with Gasteiger partial charge in [-0.1, -0.05) is 0 Å². The summed E-state index contributed by atoms with van der Waals surface area (Å²) in [5.74, 6) is 0. The Hall–Kier alpha value is -0.120. The van der Waals surface area contributed by atoms with Gasteiger partial charge >= 0.3 is 0 Å². The van der Waals surface area contributed by atoms with E-state index in [0.29, 0.717) is 23.7 Å². The predicted molar refractivity (Wildman–Crippen MR) is 64.4 cm³/mol. The van der Waals surface area contributed by atoms with E-state index in [2.05, 4.69) is 31.0 Å². The fourth-order valence-corrected chi connectivity index (χ4v) is 4.17. The van der Waals surface area contributed by atoms with Crippen molar-refractivity contribution in [2.75, 3.05) is 6.54 Å². The highest BCUT2D eigenvalue weighted by Gasteiger charge is 2.67. The Kier molecular flexibility index (Phi) is 2.21. The Morgan fingerprint density at radius 1 is 1.31 bits per heavy atom. The van der Waals surface area contributed by atoms with E-state index < -0.39 is 0 Å². The fraction of sp³-hybridized carbons (Fsp3) is 1.00. The first-order valence-electron chi connectivity index (χ1n) is 6.69. The van der Waals surface area contributed by atoms with Crippen LogP contribution >= 0.6 is 0 Å². The monoisotopic (exact) mass is 224 g/mol. The van der Waals surface area contributed by atoms with Gasteiger partial charge in [0.25, 0.3) is 0 Å². The second-order valence-electron chi connectivity index (χ2n) is 6.65. The molecule has 4 rings (SSSR count). The first-order valence-corrected chi connectivity index (χ1v) is 6.69. The number of hydrogen-bond acceptors (Lipinski definition) is 3. The summed E-state index contributed by atoms with van der Waals surface area (Å²) < 4.78 is 0. The van der Waals surface area contributed by atoms with Crippen LogP contribution < -0.4 is 5.32 Å². The zero-order chi connectivity index (χ0) is 11.6. The fourth-order valence-electron chi connectivity index (χ4n) is 4.17. The second-order valence-corrected chi connectivity index (χ2v) is 6.65. The van der Waals surface area contributed by atoms with Gasteiger partial charge in [0.2, 0.25) is 0 Å². The van der Waals surface area contributed by atoms with Crippen molar-refractivity contribution in [1.29, 1.82) is 0 Å². The maximum atomic E-state index is 9.77. The summed E-state index contributed by atoms with van der Waals surface area (Å²) in [4.78, 5) is 2.58. The van der Waals surface area contributed by atoms with E-state index in [1.54, 1.807) is 0 Å². The summed E-state index contributed by atoms with van der Waals surface area (Å²) in [5.41, 5.74) is 0.0489. The van der Waals surface area contributed by atoms with Crippen molar-refractivity contribution in [2.45, 2.75) is 75.7 Å². The number of hydrogen-bond donors (Lipinski definition) is 2. The Labute approximate surface area is 98.2 Å². The molecule has 92 valence electrons. The third-order valence-corrected chi connectivity index (χ3v) is 4.96. The minimum absolute atomic E-state index is 0.271. The van der Waals surface area contributed by atoms with Crippen molar-refractivity contribution in [3.63, 3.8) is 0 Å². The van der Waals surface area contributed by atoms with Gasteiger partial charge in [-0.2, -0.15) is 0 Å². The molecule has 3 heteroatoms. The Morgan fingerprint density at radius 3 is 2.38 bits per heavy atom. The first kappa shape index (κ1) is 11.0. The second kappa shape index (κ2) is 3.21. The molecule has 0 amide bonds. The van der Waals surface area contributed by atoms with E-state index in [9.17, 15) is 5.11 Å². The quantitative estimate of drug-likeness (QED) is 0.754. The summed E-state index contributed by atoms with van der Waals surface area (Å²) >= 11 is 0. The molecular formula is C13H24N2O. The summed E-state index contributed by atoms with van der Waals surface area (Å²) in [7, 11) is 0. The zero-order valence-electron chi connectivity index (χ0n) is 10.7. The highest BCUT2D eigenvalue weighted by molar-refractivity contribution is 5.25. The van der Waals surface area contributed by atoms with Gasteiger partial charge < -0.3 is 10.4 Å². The average molecular weight is 224 g/mol. The molecule has 3 saturated carbocycles.